The standard InChI is InChI=1S/C20H20F3N3OS/c1-13-7-5-6-8-17(13)26(28(2,3)4)12-15-10-9-14(11-16(15)21)19-24-25-20(27-19)18(22)23/h5-11,18H,2-3,12H2,1,4H3. The minimum atomic E-state index is -2.87. The van der Waals surface area contributed by atoms with E-state index in [1.807, 2.05) is 41.8 Å². The zero-order chi connectivity index (χ0) is 20.5. The number of aromatic nitrogens is 2. The van der Waals surface area contributed by atoms with Gasteiger partial charge in [0.15, 0.2) is 0 Å². The summed E-state index contributed by atoms with van der Waals surface area (Å²) in [4.78, 5) is 0. The van der Waals surface area contributed by atoms with Crippen molar-refractivity contribution < 1.29 is 17.6 Å². The number of nitrogens with zero attached hydrogens (tertiary/aromatic N) is 3. The third-order valence-corrected chi connectivity index (χ3v) is 5.55. The van der Waals surface area contributed by atoms with E-state index in [-0.39, 0.29) is 18.0 Å². The van der Waals surface area contributed by atoms with Gasteiger partial charge in [-0.15, -0.1) is 19.6 Å². The number of rotatable bonds is 6. The van der Waals surface area contributed by atoms with Crippen molar-refractivity contribution in [2.75, 3.05) is 10.6 Å². The lowest BCUT2D eigenvalue weighted by atomic mass is 10.1. The topological polar surface area (TPSA) is 42.2 Å². The lowest BCUT2D eigenvalue weighted by Crippen LogP contribution is -2.20. The highest BCUT2D eigenvalue weighted by atomic mass is 32.2. The lowest BCUT2D eigenvalue weighted by molar-refractivity contribution is 0.116. The molecule has 0 aliphatic rings. The van der Waals surface area contributed by atoms with Gasteiger partial charge in [-0.2, -0.15) is 8.78 Å². The molecule has 0 radical (unpaired) electrons. The smallest absolute Gasteiger partial charge is 0.314 e. The van der Waals surface area contributed by atoms with Crippen LogP contribution in [0.2, 0.25) is 0 Å². The summed E-state index contributed by atoms with van der Waals surface area (Å²) in [5.74, 6) is 6.89. The number of hydrogen-bond donors (Lipinski definition) is 0. The van der Waals surface area contributed by atoms with Crippen LogP contribution >= 0.6 is 9.39 Å². The Kier molecular flexibility index (Phi) is 5.51. The summed E-state index contributed by atoms with van der Waals surface area (Å²) in [6, 6.07) is 12.1. The fourth-order valence-corrected chi connectivity index (χ4v) is 3.85. The molecule has 0 spiro atoms. The Hall–Kier alpha value is -2.74. The van der Waals surface area contributed by atoms with E-state index in [2.05, 4.69) is 21.9 Å². The molecule has 0 unspecified atom stereocenters. The fraction of sp³-hybridized carbons (Fsp3) is 0.200. The average molecular weight is 407 g/mol. The number of halogens is 3. The van der Waals surface area contributed by atoms with E-state index in [0.717, 1.165) is 11.3 Å². The molecular weight excluding hydrogens is 387 g/mol. The average Bonchev–Trinajstić information content (AvgIpc) is 3.11. The van der Waals surface area contributed by atoms with Crippen LogP contribution in [-0.2, 0) is 6.54 Å². The highest BCUT2D eigenvalue weighted by Crippen LogP contribution is 2.34. The Bertz CT molecular complexity index is 1090. The Morgan fingerprint density at radius 2 is 1.86 bits per heavy atom. The predicted octanol–water partition coefficient (Wildman–Crippen LogP) is 5.34. The number of alkyl halides is 2. The molecule has 0 fully saturated rings. The SMILES string of the molecule is C=S(=C)(C)N(Cc1ccc(-c2nnc(C(F)F)o2)cc1F)c1ccccc1C. The first kappa shape index (κ1) is 20.0. The number of anilines is 1. The van der Waals surface area contributed by atoms with Crippen LogP contribution in [0.5, 0.6) is 0 Å². The monoisotopic (exact) mass is 407 g/mol. The van der Waals surface area contributed by atoms with Crippen LogP contribution in [0.25, 0.3) is 11.5 Å². The highest BCUT2D eigenvalue weighted by Gasteiger charge is 2.19. The van der Waals surface area contributed by atoms with Crippen LogP contribution in [0.15, 0.2) is 46.9 Å². The van der Waals surface area contributed by atoms with Crippen molar-refractivity contribution in [2.24, 2.45) is 0 Å². The second-order valence-corrected chi connectivity index (χ2v) is 9.48. The van der Waals surface area contributed by atoms with Crippen molar-refractivity contribution in [3.8, 4) is 11.5 Å². The first-order chi connectivity index (χ1) is 13.2. The van der Waals surface area contributed by atoms with Crippen LogP contribution in [0.3, 0.4) is 0 Å². The van der Waals surface area contributed by atoms with Crippen LogP contribution in [0.4, 0.5) is 18.9 Å². The van der Waals surface area contributed by atoms with Gasteiger partial charge in [0.25, 0.3) is 5.89 Å². The highest BCUT2D eigenvalue weighted by molar-refractivity contribution is 8.28. The van der Waals surface area contributed by atoms with Gasteiger partial charge in [0.1, 0.15) is 5.82 Å². The Balaban J connectivity index is 1.93. The molecule has 148 valence electrons. The fourth-order valence-electron chi connectivity index (χ4n) is 2.72. The van der Waals surface area contributed by atoms with E-state index in [1.165, 1.54) is 6.07 Å². The molecular formula is C20H20F3N3OS. The molecule has 0 aliphatic carbocycles. The molecule has 0 atom stereocenters. The van der Waals surface area contributed by atoms with Crippen molar-refractivity contribution in [1.29, 1.82) is 0 Å². The van der Waals surface area contributed by atoms with Gasteiger partial charge in [-0.05, 0) is 36.9 Å². The summed E-state index contributed by atoms with van der Waals surface area (Å²) in [6.07, 6.45) is -0.946. The molecule has 1 aromatic heterocycles. The molecule has 0 saturated heterocycles. The molecule has 28 heavy (non-hydrogen) atoms. The molecule has 0 aliphatic heterocycles. The molecule has 2 aromatic carbocycles. The summed E-state index contributed by atoms with van der Waals surface area (Å²) in [7, 11) is -1.68. The molecule has 0 N–H and O–H groups in total. The molecule has 0 bridgehead atoms. The summed E-state index contributed by atoms with van der Waals surface area (Å²) >= 11 is 0. The van der Waals surface area contributed by atoms with Crippen LogP contribution < -0.4 is 4.31 Å². The van der Waals surface area contributed by atoms with Crippen LogP contribution in [0, 0.1) is 12.7 Å². The van der Waals surface area contributed by atoms with Gasteiger partial charge in [-0.3, -0.25) is 0 Å². The number of aryl methyl sites for hydroxylation is 1. The lowest BCUT2D eigenvalue weighted by Gasteiger charge is -2.32. The van der Waals surface area contributed by atoms with Crippen molar-refractivity contribution in [1.82, 2.24) is 10.2 Å². The van der Waals surface area contributed by atoms with Crippen molar-refractivity contribution in [3.05, 3.63) is 65.3 Å². The van der Waals surface area contributed by atoms with Crippen molar-refractivity contribution in [3.63, 3.8) is 0 Å². The largest absolute Gasteiger partial charge is 0.415 e. The van der Waals surface area contributed by atoms with E-state index in [0.29, 0.717) is 5.56 Å². The molecule has 8 heteroatoms. The third-order valence-electron chi connectivity index (χ3n) is 4.16. The van der Waals surface area contributed by atoms with Gasteiger partial charge in [-0.25, -0.2) is 4.39 Å². The Morgan fingerprint density at radius 1 is 1.14 bits per heavy atom. The minimum Gasteiger partial charge on any atom is -0.415 e. The maximum absolute atomic E-state index is 14.8. The van der Waals surface area contributed by atoms with Gasteiger partial charge in [0.05, 0.1) is 6.54 Å². The summed E-state index contributed by atoms with van der Waals surface area (Å²) in [5.41, 5.74) is 2.64. The zero-order valence-corrected chi connectivity index (χ0v) is 16.3. The second kappa shape index (κ2) is 7.71. The quantitative estimate of drug-likeness (QED) is 0.517. The van der Waals surface area contributed by atoms with E-state index >= 15 is 0 Å². The van der Waals surface area contributed by atoms with E-state index in [1.54, 1.807) is 12.1 Å². The summed E-state index contributed by atoms with van der Waals surface area (Å²) in [6.45, 7) is 2.24. The van der Waals surface area contributed by atoms with Crippen LogP contribution in [-0.4, -0.2) is 28.2 Å². The van der Waals surface area contributed by atoms with E-state index in [4.69, 9.17) is 4.42 Å². The molecule has 3 aromatic rings. The third kappa shape index (κ3) is 4.22. The number of benzene rings is 2. The molecule has 1 heterocycles. The van der Waals surface area contributed by atoms with Gasteiger partial charge in [-0.1, -0.05) is 36.0 Å². The Morgan fingerprint density at radius 3 is 2.43 bits per heavy atom. The van der Waals surface area contributed by atoms with Gasteiger partial charge >= 0.3 is 6.43 Å². The molecule has 4 nitrogen and oxygen atoms in total. The summed E-state index contributed by atoms with van der Waals surface area (Å²) in [5, 5.41) is 6.81. The van der Waals surface area contributed by atoms with Gasteiger partial charge in [0, 0.05) is 16.8 Å². The normalized spacial score (nSPS) is 11.8. The van der Waals surface area contributed by atoms with Crippen LogP contribution in [0.1, 0.15) is 23.4 Å². The maximum atomic E-state index is 14.8. The first-order valence-corrected chi connectivity index (χ1v) is 10.7. The second-order valence-electron chi connectivity index (χ2n) is 6.60. The van der Waals surface area contributed by atoms with E-state index < -0.39 is 27.5 Å². The van der Waals surface area contributed by atoms with Crippen molar-refractivity contribution >= 4 is 26.8 Å². The zero-order valence-electron chi connectivity index (χ0n) is 15.5. The predicted molar refractivity (Wildman–Crippen MR) is 110 cm³/mol. The Labute approximate surface area is 162 Å². The maximum Gasteiger partial charge on any atom is 0.314 e. The molecule has 3 rings (SSSR count). The number of para-hydroxylation sites is 1. The molecule has 0 saturated carbocycles. The van der Waals surface area contributed by atoms with Gasteiger partial charge in [0.2, 0.25) is 5.89 Å². The van der Waals surface area contributed by atoms with Crippen molar-refractivity contribution in [2.45, 2.75) is 19.9 Å². The molecule has 0 amide bonds. The summed E-state index contributed by atoms with van der Waals surface area (Å²) < 4.78 is 46.8. The van der Waals surface area contributed by atoms with Gasteiger partial charge < -0.3 is 8.72 Å². The minimum absolute atomic E-state index is 0.152. The first-order valence-electron chi connectivity index (χ1n) is 8.35. The van der Waals surface area contributed by atoms with E-state index in [9.17, 15) is 13.2 Å². The number of hydrogen-bond acceptors (Lipinski definition) is 4.